The van der Waals surface area contributed by atoms with Gasteiger partial charge in [-0.1, -0.05) is 24.3 Å². The van der Waals surface area contributed by atoms with E-state index in [1.807, 2.05) is 36.4 Å². The van der Waals surface area contributed by atoms with Crippen molar-refractivity contribution in [3.8, 4) is 11.5 Å². The number of halogens is 1. The third kappa shape index (κ3) is 9.38. The molecule has 0 amide bonds. The molecule has 1 saturated heterocycles. The Hall–Kier alpha value is -2.04. The topological polar surface area (TPSA) is 67.4 Å². The van der Waals surface area contributed by atoms with Crippen molar-refractivity contribution in [1.82, 2.24) is 15.5 Å². The average Bonchev–Trinajstić information content (AvgIpc) is 2.85. The van der Waals surface area contributed by atoms with Gasteiger partial charge in [0.25, 0.3) is 0 Å². The second-order valence-electron chi connectivity index (χ2n) is 7.95. The van der Waals surface area contributed by atoms with E-state index >= 15 is 0 Å². The van der Waals surface area contributed by atoms with Crippen molar-refractivity contribution in [2.45, 2.75) is 32.0 Å². The lowest BCUT2D eigenvalue weighted by atomic mass is 10.1. The molecule has 2 N–H and O–H groups in total. The fraction of sp³-hybridized carbons (Fsp3) is 0.480. The summed E-state index contributed by atoms with van der Waals surface area (Å²) in [5.74, 6) is 2.50. The minimum Gasteiger partial charge on any atom is -0.497 e. The first-order valence-corrected chi connectivity index (χ1v) is 11.2. The quantitative estimate of drug-likeness (QED) is 0.259. The van der Waals surface area contributed by atoms with Gasteiger partial charge in [0, 0.05) is 45.9 Å². The van der Waals surface area contributed by atoms with Crippen LogP contribution in [0.1, 0.15) is 24.0 Å². The van der Waals surface area contributed by atoms with Gasteiger partial charge in [0.05, 0.1) is 7.11 Å². The van der Waals surface area contributed by atoms with Gasteiger partial charge in [-0.3, -0.25) is 9.89 Å². The molecule has 0 aromatic heterocycles. The Labute approximate surface area is 214 Å². The minimum atomic E-state index is 0. The lowest BCUT2D eigenvalue weighted by Crippen LogP contribution is -2.38. The Morgan fingerprint density at radius 3 is 2.39 bits per heavy atom. The molecular weight excluding hydrogens is 531 g/mol. The molecule has 2 aromatic rings. The summed E-state index contributed by atoms with van der Waals surface area (Å²) in [5.41, 5.74) is 2.31. The molecule has 1 aliphatic heterocycles. The molecule has 0 bridgehead atoms. The minimum absolute atomic E-state index is 0. The Kier molecular flexibility index (Phi) is 12.3. The Morgan fingerprint density at radius 1 is 1.03 bits per heavy atom. The molecule has 3 rings (SSSR count). The highest BCUT2D eigenvalue weighted by Crippen LogP contribution is 2.15. The second-order valence-corrected chi connectivity index (χ2v) is 7.95. The number of methoxy groups -OCH3 is 1. The summed E-state index contributed by atoms with van der Waals surface area (Å²) in [6.45, 7) is 4.67. The maximum Gasteiger partial charge on any atom is 0.191 e. The highest BCUT2D eigenvalue weighted by atomic mass is 127. The van der Waals surface area contributed by atoms with E-state index in [4.69, 9.17) is 14.2 Å². The first-order valence-electron chi connectivity index (χ1n) is 11.2. The Bertz CT molecular complexity index is 842. The number of hydrogen-bond donors (Lipinski definition) is 2. The number of benzene rings is 2. The smallest absolute Gasteiger partial charge is 0.191 e. The highest BCUT2D eigenvalue weighted by Gasteiger charge is 2.17. The van der Waals surface area contributed by atoms with E-state index in [0.29, 0.717) is 25.7 Å². The van der Waals surface area contributed by atoms with E-state index < -0.39 is 0 Å². The lowest BCUT2D eigenvalue weighted by Gasteiger charge is -2.31. The van der Waals surface area contributed by atoms with Gasteiger partial charge in [0.2, 0.25) is 0 Å². The zero-order chi connectivity index (χ0) is 22.6. The SMILES string of the molecule is CN=C(NCc1ccc(OC)cc1)NCc1cccc(OCCN(C)C2CCOCC2)c1.I. The van der Waals surface area contributed by atoms with Crippen molar-refractivity contribution in [3.05, 3.63) is 59.7 Å². The van der Waals surface area contributed by atoms with Crippen LogP contribution in [0.3, 0.4) is 0 Å². The molecule has 7 nitrogen and oxygen atoms in total. The lowest BCUT2D eigenvalue weighted by molar-refractivity contribution is 0.0392. The summed E-state index contributed by atoms with van der Waals surface area (Å²) >= 11 is 0. The highest BCUT2D eigenvalue weighted by molar-refractivity contribution is 14.0. The summed E-state index contributed by atoms with van der Waals surface area (Å²) in [5, 5.41) is 6.70. The zero-order valence-corrected chi connectivity index (χ0v) is 22.2. The van der Waals surface area contributed by atoms with E-state index in [9.17, 15) is 0 Å². The molecule has 2 aromatic carbocycles. The summed E-state index contributed by atoms with van der Waals surface area (Å²) in [7, 11) is 5.62. The molecule has 182 valence electrons. The number of likely N-dealkylation sites (N-methyl/N-ethyl adjacent to an activating group) is 1. The fourth-order valence-electron chi connectivity index (χ4n) is 3.70. The van der Waals surface area contributed by atoms with E-state index in [0.717, 1.165) is 61.2 Å². The van der Waals surface area contributed by atoms with Crippen LogP contribution < -0.4 is 20.1 Å². The number of nitrogens with zero attached hydrogens (tertiary/aromatic N) is 2. The molecule has 1 fully saturated rings. The van der Waals surface area contributed by atoms with Crippen LogP contribution in [-0.4, -0.2) is 64.5 Å². The van der Waals surface area contributed by atoms with Crippen LogP contribution in [0.5, 0.6) is 11.5 Å². The molecule has 0 radical (unpaired) electrons. The molecular formula is C25H37IN4O3. The standard InChI is InChI=1S/C25H36N4O3.HI/c1-26-25(27-18-20-7-9-23(30-3)10-8-20)28-19-21-5-4-6-24(17-21)32-16-13-29(2)22-11-14-31-15-12-22;/h4-10,17,22H,11-16,18-19H2,1-3H3,(H2,26,27,28);1H. The van der Waals surface area contributed by atoms with Crippen LogP contribution in [-0.2, 0) is 17.8 Å². The Morgan fingerprint density at radius 2 is 1.73 bits per heavy atom. The number of guanidine groups is 1. The summed E-state index contributed by atoms with van der Waals surface area (Å²) in [6, 6.07) is 16.8. The monoisotopic (exact) mass is 568 g/mol. The molecule has 33 heavy (non-hydrogen) atoms. The predicted octanol–water partition coefficient (Wildman–Crippen LogP) is 3.67. The Balaban J connectivity index is 0.00000385. The van der Waals surface area contributed by atoms with Gasteiger partial charge in [-0.25, -0.2) is 0 Å². The second kappa shape index (κ2) is 15.0. The van der Waals surface area contributed by atoms with E-state index in [1.165, 1.54) is 0 Å². The first kappa shape index (κ1) is 27.2. The van der Waals surface area contributed by atoms with E-state index in [1.54, 1.807) is 14.2 Å². The summed E-state index contributed by atoms with van der Waals surface area (Å²) < 4.78 is 16.7. The number of ether oxygens (including phenoxy) is 3. The van der Waals surface area contributed by atoms with Gasteiger partial charge >= 0.3 is 0 Å². The molecule has 0 spiro atoms. The normalized spacial score (nSPS) is 14.5. The summed E-state index contributed by atoms with van der Waals surface area (Å²) in [4.78, 5) is 6.69. The maximum atomic E-state index is 6.01. The third-order valence-electron chi connectivity index (χ3n) is 5.73. The number of rotatable bonds is 10. The maximum absolute atomic E-state index is 6.01. The van der Waals surface area contributed by atoms with Crippen molar-refractivity contribution in [2.24, 2.45) is 4.99 Å². The molecule has 0 saturated carbocycles. The van der Waals surface area contributed by atoms with Crippen molar-refractivity contribution in [2.75, 3.05) is 47.6 Å². The van der Waals surface area contributed by atoms with Crippen LogP contribution >= 0.6 is 24.0 Å². The largest absolute Gasteiger partial charge is 0.497 e. The molecule has 1 heterocycles. The number of nitrogens with one attached hydrogen (secondary N) is 2. The van der Waals surface area contributed by atoms with Crippen LogP contribution in [0.15, 0.2) is 53.5 Å². The fourth-order valence-corrected chi connectivity index (χ4v) is 3.70. The van der Waals surface area contributed by atoms with Gasteiger partial charge in [-0.05, 0) is 55.3 Å². The van der Waals surface area contributed by atoms with Gasteiger partial charge in [-0.2, -0.15) is 0 Å². The van der Waals surface area contributed by atoms with Gasteiger partial charge in [0.1, 0.15) is 18.1 Å². The summed E-state index contributed by atoms with van der Waals surface area (Å²) in [6.07, 6.45) is 2.21. The molecule has 0 unspecified atom stereocenters. The predicted molar refractivity (Wildman–Crippen MR) is 144 cm³/mol. The number of hydrogen-bond acceptors (Lipinski definition) is 5. The molecule has 8 heteroatoms. The zero-order valence-electron chi connectivity index (χ0n) is 19.9. The van der Waals surface area contributed by atoms with Crippen LogP contribution in [0.2, 0.25) is 0 Å². The van der Waals surface area contributed by atoms with Gasteiger partial charge in [-0.15, -0.1) is 24.0 Å². The van der Waals surface area contributed by atoms with E-state index in [2.05, 4.69) is 39.7 Å². The molecule has 0 atom stereocenters. The molecule has 1 aliphatic rings. The third-order valence-corrected chi connectivity index (χ3v) is 5.73. The van der Waals surface area contributed by atoms with Crippen molar-refractivity contribution >= 4 is 29.9 Å². The van der Waals surface area contributed by atoms with E-state index in [-0.39, 0.29) is 24.0 Å². The van der Waals surface area contributed by atoms with Crippen LogP contribution in [0.4, 0.5) is 0 Å². The van der Waals surface area contributed by atoms with Gasteiger partial charge < -0.3 is 24.8 Å². The first-order chi connectivity index (χ1) is 15.7. The van der Waals surface area contributed by atoms with Gasteiger partial charge in [0.15, 0.2) is 5.96 Å². The van der Waals surface area contributed by atoms with Crippen LogP contribution in [0.25, 0.3) is 0 Å². The average molecular weight is 569 g/mol. The molecule has 0 aliphatic carbocycles. The van der Waals surface area contributed by atoms with Crippen LogP contribution in [0, 0.1) is 0 Å². The number of aliphatic imine (C=N–C) groups is 1. The van der Waals surface area contributed by atoms with Crippen molar-refractivity contribution in [3.63, 3.8) is 0 Å². The van der Waals surface area contributed by atoms with Crippen molar-refractivity contribution < 1.29 is 14.2 Å². The van der Waals surface area contributed by atoms with Crippen molar-refractivity contribution in [1.29, 1.82) is 0 Å².